The number of rotatable bonds is 6. The van der Waals surface area contributed by atoms with E-state index in [4.69, 9.17) is 20.4 Å². The Kier molecular flexibility index (Phi) is 4.31. The molecule has 0 aliphatic heterocycles. The van der Waals surface area contributed by atoms with Crippen LogP contribution in [0.4, 0.5) is 0 Å². The van der Waals surface area contributed by atoms with E-state index >= 15 is 0 Å². The third kappa shape index (κ3) is 3.04. The molecule has 0 unspecified atom stereocenters. The fraction of sp³-hybridized carbons (Fsp3) is 0.200. The Balaban J connectivity index is 3.31. The third-order valence-electron chi connectivity index (χ3n) is 2.29. The monoisotopic (exact) mass is 284 g/mol. The van der Waals surface area contributed by atoms with Gasteiger partial charge in [0.05, 0.1) is 11.4 Å². The summed E-state index contributed by atoms with van der Waals surface area (Å²) in [5, 5.41) is 35.1. The van der Waals surface area contributed by atoms with E-state index in [9.17, 15) is 19.2 Å². The molecule has 10 heteroatoms. The van der Waals surface area contributed by atoms with Crippen LogP contribution in [0, 0.1) is 0 Å². The molecule has 0 radical (unpaired) electrons. The summed E-state index contributed by atoms with van der Waals surface area (Å²) < 4.78 is 0. The van der Waals surface area contributed by atoms with E-state index in [0.29, 0.717) is 6.33 Å². The SMILES string of the molecule is O=C(O)C(C(=O)O)c1cc(C(C(=O)O)C(=O)O)ncn1. The predicted octanol–water partition coefficient (Wildman–Crippen LogP) is -1.02. The number of carboxylic acids is 4. The molecule has 1 aromatic rings. The van der Waals surface area contributed by atoms with Gasteiger partial charge in [-0.1, -0.05) is 0 Å². The Labute approximate surface area is 110 Å². The average molecular weight is 284 g/mol. The van der Waals surface area contributed by atoms with Gasteiger partial charge in [-0.3, -0.25) is 19.2 Å². The highest BCUT2D eigenvalue weighted by Gasteiger charge is 2.33. The average Bonchev–Trinajstić information content (AvgIpc) is 2.27. The third-order valence-corrected chi connectivity index (χ3v) is 2.29. The zero-order valence-electron chi connectivity index (χ0n) is 9.63. The topological polar surface area (TPSA) is 175 Å². The van der Waals surface area contributed by atoms with E-state index in [2.05, 4.69) is 9.97 Å². The number of carbonyl (C=O) groups is 4. The molecule has 0 fully saturated rings. The molecule has 0 atom stereocenters. The maximum Gasteiger partial charge on any atom is 0.324 e. The van der Waals surface area contributed by atoms with Crippen LogP contribution in [0.5, 0.6) is 0 Å². The number of nitrogens with zero attached hydrogens (tertiary/aromatic N) is 2. The molecule has 1 heterocycles. The summed E-state index contributed by atoms with van der Waals surface area (Å²) in [6, 6.07) is 0.736. The molecule has 10 nitrogen and oxygen atoms in total. The lowest BCUT2D eigenvalue weighted by atomic mass is 10.0. The smallest absolute Gasteiger partial charge is 0.324 e. The fourth-order valence-electron chi connectivity index (χ4n) is 1.42. The van der Waals surface area contributed by atoms with Crippen molar-refractivity contribution in [1.82, 2.24) is 9.97 Å². The molecule has 0 spiro atoms. The number of aliphatic carboxylic acids is 4. The van der Waals surface area contributed by atoms with Gasteiger partial charge in [0.2, 0.25) is 0 Å². The highest BCUT2D eigenvalue weighted by Crippen LogP contribution is 2.19. The van der Waals surface area contributed by atoms with Crippen molar-refractivity contribution in [1.29, 1.82) is 0 Å². The lowest BCUT2D eigenvalue weighted by Gasteiger charge is -2.10. The molecule has 0 bridgehead atoms. The van der Waals surface area contributed by atoms with Crippen LogP contribution in [-0.4, -0.2) is 54.3 Å². The van der Waals surface area contributed by atoms with Gasteiger partial charge in [0.25, 0.3) is 0 Å². The van der Waals surface area contributed by atoms with Gasteiger partial charge in [-0.15, -0.1) is 0 Å². The molecule has 0 aromatic carbocycles. The van der Waals surface area contributed by atoms with Crippen LogP contribution in [0.2, 0.25) is 0 Å². The van der Waals surface area contributed by atoms with E-state index < -0.39 is 47.1 Å². The van der Waals surface area contributed by atoms with Crippen LogP contribution >= 0.6 is 0 Å². The van der Waals surface area contributed by atoms with Crippen LogP contribution in [0.15, 0.2) is 12.4 Å². The standard InChI is InChI=1S/C10H8N2O8/c13-7(14)5(8(15)16)3-1-4(12-2-11-3)6(9(17)18)10(19)20/h1-2,5-6H,(H,13,14)(H,15,16)(H,17,18)(H,19,20). The highest BCUT2D eigenvalue weighted by molar-refractivity contribution is 6.00. The summed E-state index contributed by atoms with van der Waals surface area (Å²) in [5.41, 5.74) is -1.02. The zero-order valence-corrected chi connectivity index (χ0v) is 9.63. The van der Waals surface area contributed by atoms with Crippen molar-refractivity contribution in [3.05, 3.63) is 23.8 Å². The van der Waals surface area contributed by atoms with E-state index in [1.165, 1.54) is 0 Å². The summed E-state index contributed by atoms with van der Waals surface area (Å²) in [5.74, 6) is -11.0. The molecule has 0 saturated carbocycles. The zero-order chi connectivity index (χ0) is 15.4. The first-order chi connectivity index (χ1) is 9.25. The van der Waals surface area contributed by atoms with E-state index in [0.717, 1.165) is 6.07 Å². The minimum absolute atomic E-state index is 0.512. The highest BCUT2D eigenvalue weighted by atomic mass is 16.4. The maximum atomic E-state index is 10.8. The Morgan fingerprint density at radius 2 is 1.05 bits per heavy atom. The normalized spacial score (nSPS) is 10.5. The Hall–Kier alpha value is -3.04. The first kappa shape index (κ1) is 15.0. The van der Waals surface area contributed by atoms with Crippen molar-refractivity contribution in [3.63, 3.8) is 0 Å². The number of hydrogen-bond donors (Lipinski definition) is 4. The van der Waals surface area contributed by atoms with Gasteiger partial charge in [0.15, 0.2) is 11.8 Å². The molecular weight excluding hydrogens is 276 g/mol. The van der Waals surface area contributed by atoms with E-state index in [1.54, 1.807) is 0 Å². The van der Waals surface area contributed by atoms with Gasteiger partial charge < -0.3 is 20.4 Å². The van der Waals surface area contributed by atoms with Crippen molar-refractivity contribution >= 4 is 23.9 Å². The van der Waals surface area contributed by atoms with E-state index in [-0.39, 0.29) is 0 Å². The molecule has 1 aromatic heterocycles. The summed E-state index contributed by atoms with van der Waals surface area (Å²) in [6.45, 7) is 0. The number of carboxylic acid groups (broad SMARTS) is 4. The van der Waals surface area contributed by atoms with Crippen LogP contribution in [0.25, 0.3) is 0 Å². The predicted molar refractivity (Wildman–Crippen MR) is 58.1 cm³/mol. The molecular formula is C10H8N2O8. The minimum Gasteiger partial charge on any atom is -0.480 e. The summed E-state index contributed by atoms with van der Waals surface area (Å²) in [7, 11) is 0. The Bertz CT molecular complexity index is 509. The van der Waals surface area contributed by atoms with Gasteiger partial charge >= 0.3 is 23.9 Å². The first-order valence-electron chi connectivity index (χ1n) is 4.98. The Morgan fingerprint density at radius 3 is 1.30 bits per heavy atom. The lowest BCUT2D eigenvalue weighted by Crippen LogP contribution is -2.25. The van der Waals surface area contributed by atoms with Crippen LogP contribution < -0.4 is 0 Å². The Morgan fingerprint density at radius 1 is 0.750 bits per heavy atom. The minimum atomic E-state index is -2.04. The van der Waals surface area contributed by atoms with Crippen molar-refractivity contribution < 1.29 is 39.6 Å². The molecule has 106 valence electrons. The van der Waals surface area contributed by atoms with Crippen molar-refractivity contribution in [3.8, 4) is 0 Å². The summed E-state index contributed by atoms with van der Waals surface area (Å²) in [4.78, 5) is 50.1. The van der Waals surface area contributed by atoms with Crippen LogP contribution in [-0.2, 0) is 19.2 Å². The first-order valence-corrected chi connectivity index (χ1v) is 4.98. The second kappa shape index (κ2) is 5.73. The van der Waals surface area contributed by atoms with Crippen LogP contribution in [0.1, 0.15) is 23.2 Å². The number of aromatic nitrogens is 2. The summed E-state index contributed by atoms with van der Waals surface area (Å²) in [6.07, 6.45) is 0.711. The van der Waals surface area contributed by atoms with Crippen molar-refractivity contribution in [2.75, 3.05) is 0 Å². The summed E-state index contributed by atoms with van der Waals surface area (Å²) >= 11 is 0. The quantitative estimate of drug-likeness (QED) is 0.473. The van der Waals surface area contributed by atoms with E-state index in [1.807, 2.05) is 0 Å². The van der Waals surface area contributed by atoms with Crippen LogP contribution in [0.3, 0.4) is 0 Å². The molecule has 0 aliphatic carbocycles. The van der Waals surface area contributed by atoms with Gasteiger partial charge in [0.1, 0.15) is 6.33 Å². The van der Waals surface area contributed by atoms with Gasteiger partial charge in [-0.05, 0) is 6.07 Å². The molecule has 1 rings (SSSR count). The molecule has 4 N–H and O–H groups in total. The lowest BCUT2D eigenvalue weighted by molar-refractivity contribution is -0.151. The molecule has 20 heavy (non-hydrogen) atoms. The second-order valence-electron chi connectivity index (χ2n) is 3.59. The van der Waals surface area contributed by atoms with Gasteiger partial charge in [-0.2, -0.15) is 0 Å². The fourth-order valence-corrected chi connectivity index (χ4v) is 1.42. The molecule has 0 saturated heterocycles. The largest absolute Gasteiger partial charge is 0.480 e. The molecule has 0 amide bonds. The van der Waals surface area contributed by atoms with Crippen molar-refractivity contribution in [2.45, 2.75) is 11.8 Å². The second-order valence-corrected chi connectivity index (χ2v) is 3.59. The van der Waals surface area contributed by atoms with Gasteiger partial charge in [0, 0.05) is 0 Å². The maximum absolute atomic E-state index is 10.8. The molecule has 0 aliphatic rings. The number of hydrogen-bond acceptors (Lipinski definition) is 6. The van der Waals surface area contributed by atoms with Gasteiger partial charge in [-0.25, -0.2) is 9.97 Å². The van der Waals surface area contributed by atoms with Crippen molar-refractivity contribution in [2.24, 2.45) is 0 Å².